The third-order valence-corrected chi connectivity index (χ3v) is 8.08. The minimum atomic E-state index is -0.473. The number of methoxy groups -OCH3 is 2. The Bertz CT molecular complexity index is 1260. The number of carbonyl (C=O) groups excluding carboxylic acids is 3. The van der Waals surface area contributed by atoms with E-state index < -0.39 is 11.8 Å². The first-order valence-electron chi connectivity index (χ1n) is 16.8. The van der Waals surface area contributed by atoms with E-state index in [4.69, 9.17) is 9.47 Å². The molecule has 2 aromatic carbocycles. The number of phenolic OH excluding ortho intramolecular Hbond substituents is 4. The monoisotopic (exact) mass is 692 g/mol. The molecule has 13 nitrogen and oxygen atoms in total. The Labute approximate surface area is 289 Å². The Kier molecular flexibility index (Phi) is 21.3. The van der Waals surface area contributed by atoms with E-state index in [0.29, 0.717) is 63.1 Å². The van der Waals surface area contributed by atoms with Gasteiger partial charge in [0.1, 0.15) is 28.8 Å². The summed E-state index contributed by atoms with van der Waals surface area (Å²) in [5.41, 5.74) is 1.10. The molecule has 2 unspecified atom stereocenters. The zero-order valence-corrected chi connectivity index (χ0v) is 29.3. The molecule has 276 valence electrons. The average molecular weight is 693 g/mol. The lowest BCUT2D eigenvalue weighted by Gasteiger charge is -2.27. The summed E-state index contributed by atoms with van der Waals surface area (Å²) in [6, 6.07) is 8.53. The van der Waals surface area contributed by atoms with E-state index in [0.717, 1.165) is 0 Å². The van der Waals surface area contributed by atoms with Crippen LogP contribution in [0.25, 0.3) is 0 Å². The molecule has 0 saturated heterocycles. The summed E-state index contributed by atoms with van der Waals surface area (Å²) in [5.74, 6) is -1.21. The van der Waals surface area contributed by atoms with Crippen molar-refractivity contribution in [3.05, 3.63) is 47.5 Å². The minimum absolute atomic E-state index is 0.00481. The Morgan fingerprint density at radius 2 is 1.24 bits per heavy atom. The third kappa shape index (κ3) is 15.9. The summed E-state index contributed by atoms with van der Waals surface area (Å²) in [7, 11) is 3.14. The molecule has 2 atom stereocenters. The van der Waals surface area contributed by atoms with Crippen LogP contribution in [0.5, 0.6) is 23.0 Å². The van der Waals surface area contributed by atoms with Crippen molar-refractivity contribution in [2.75, 3.05) is 53.7 Å². The highest BCUT2D eigenvalue weighted by molar-refractivity contribution is 5.81. The van der Waals surface area contributed by atoms with Gasteiger partial charge in [-0.1, -0.05) is 26.0 Å². The number of rotatable bonds is 17. The molecule has 1 saturated carbocycles. The fourth-order valence-corrected chi connectivity index (χ4v) is 5.33. The minimum Gasteiger partial charge on any atom is -0.508 e. The Morgan fingerprint density at radius 1 is 0.796 bits per heavy atom. The Morgan fingerprint density at radius 3 is 1.67 bits per heavy atom. The molecule has 1 aliphatic carbocycles. The van der Waals surface area contributed by atoms with Crippen molar-refractivity contribution in [3.63, 3.8) is 0 Å². The molecule has 0 heterocycles. The van der Waals surface area contributed by atoms with E-state index in [2.05, 4.69) is 5.32 Å². The first-order chi connectivity index (χ1) is 23.5. The van der Waals surface area contributed by atoms with Gasteiger partial charge in [-0.25, -0.2) is 0 Å². The highest BCUT2D eigenvalue weighted by Gasteiger charge is 2.26. The van der Waals surface area contributed by atoms with Gasteiger partial charge >= 0.3 is 0 Å². The van der Waals surface area contributed by atoms with Crippen LogP contribution in [-0.4, -0.2) is 113 Å². The number of hydrogen-bond acceptors (Lipinski definition) is 11. The van der Waals surface area contributed by atoms with Crippen molar-refractivity contribution in [3.8, 4) is 23.0 Å². The molecule has 2 aromatic rings. The molecule has 13 heteroatoms. The highest BCUT2D eigenvalue weighted by atomic mass is 16.5. The fourth-order valence-electron chi connectivity index (χ4n) is 5.33. The highest BCUT2D eigenvalue weighted by Crippen LogP contribution is 2.28. The second-order valence-electron chi connectivity index (χ2n) is 11.6. The average Bonchev–Trinajstić information content (AvgIpc) is 3.08. The zero-order chi connectivity index (χ0) is 36.8. The molecule has 0 radical (unpaired) electrons. The summed E-state index contributed by atoms with van der Waals surface area (Å²) in [5, 5.41) is 59.9. The molecule has 1 fully saturated rings. The summed E-state index contributed by atoms with van der Waals surface area (Å²) in [4.78, 5) is 38.1. The van der Waals surface area contributed by atoms with Crippen LogP contribution in [0.2, 0.25) is 0 Å². The van der Waals surface area contributed by atoms with Gasteiger partial charge in [0.2, 0.25) is 11.8 Å². The van der Waals surface area contributed by atoms with E-state index >= 15 is 0 Å². The molecule has 0 spiro atoms. The number of aromatic hydroxyl groups is 4. The van der Waals surface area contributed by atoms with Crippen molar-refractivity contribution in [2.45, 2.75) is 71.3 Å². The molecule has 1 aliphatic rings. The SMILES string of the molecule is CC.COCCN(CCOC)C(=O)C(CCO)Cc1ccc(O)cc1O.O=C1CCC(NC(=O)C(CCO)Cc2ccc(O)cc2O)CC1. The molecule has 7 N–H and O–H groups in total. The number of benzene rings is 2. The standard InChI is InChI=1S/C17H27NO6.C17H23NO5.C2H6/c1-23-9-6-18(7-10-24-2)17(22)14(5-8-19)11-13-3-4-15(20)12-16(13)21;19-8-7-12(9-11-1-4-15(21)10-16(11)22)17(23)18-13-2-5-14(20)6-3-13;1-2/h3-4,12,14,19-21H,5-11H2,1-2H3;1,4,10,12-13,19,21-22H,2-3,5-9H2,(H,18,23);1-2H3. The Hall–Kier alpha value is -3.91. The van der Waals surface area contributed by atoms with Gasteiger partial charge < -0.3 is 50.3 Å². The summed E-state index contributed by atoms with van der Waals surface area (Å²) in [6.07, 6.45) is 3.43. The maximum Gasteiger partial charge on any atom is 0.226 e. The molecule has 3 rings (SSSR count). The maximum absolute atomic E-state index is 12.8. The van der Waals surface area contributed by atoms with Crippen LogP contribution in [0.4, 0.5) is 0 Å². The fraction of sp³-hybridized carbons (Fsp3) is 0.583. The van der Waals surface area contributed by atoms with E-state index in [1.807, 2.05) is 13.8 Å². The lowest BCUT2D eigenvalue weighted by atomic mass is 9.91. The molecule has 0 bridgehead atoms. The van der Waals surface area contributed by atoms with Crippen molar-refractivity contribution in [1.29, 1.82) is 0 Å². The molecular weight excluding hydrogens is 636 g/mol. The number of aliphatic hydroxyl groups excluding tert-OH is 2. The van der Waals surface area contributed by atoms with Crippen LogP contribution in [0, 0.1) is 11.8 Å². The largest absolute Gasteiger partial charge is 0.508 e. The van der Waals surface area contributed by atoms with Gasteiger partial charge in [0.25, 0.3) is 0 Å². The van der Waals surface area contributed by atoms with Crippen molar-refractivity contribution in [2.24, 2.45) is 11.8 Å². The van der Waals surface area contributed by atoms with Gasteiger partial charge in [-0.15, -0.1) is 0 Å². The third-order valence-electron chi connectivity index (χ3n) is 8.08. The van der Waals surface area contributed by atoms with Crippen LogP contribution in [-0.2, 0) is 36.7 Å². The zero-order valence-electron chi connectivity index (χ0n) is 29.3. The van der Waals surface area contributed by atoms with Crippen LogP contribution in [0.3, 0.4) is 0 Å². The number of ketones is 1. The van der Waals surface area contributed by atoms with E-state index in [1.54, 1.807) is 31.3 Å². The van der Waals surface area contributed by atoms with Gasteiger partial charge in [0.15, 0.2) is 0 Å². The van der Waals surface area contributed by atoms with Crippen molar-refractivity contribution < 1.29 is 54.5 Å². The van der Waals surface area contributed by atoms with Gasteiger partial charge in [-0.3, -0.25) is 14.4 Å². The summed E-state index contributed by atoms with van der Waals surface area (Å²) < 4.78 is 10.1. The van der Waals surface area contributed by atoms with Crippen LogP contribution in [0.15, 0.2) is 36.4 Å². The number of hydrogen-bond donors (Lipinski definition) is 7. The van der Waals surface area contributed by atoms with Gasteiger partial charge in [0.05, 0.1) is 13.2 Å². The molecule has 49 heavy (non-hydrogen) atoms. The van der Waals surface area contributed by atoms with Gasteiger partial charge in [-0.05, 0) is 61.8 Å². The smallest absolute Gasteiger partial charge is 0.226 e. The van der Waals surface area contributed by atoms with Crippen molar-refractivity contribution in [1.82, 2.24) is 10.2 Å². The van der Waals surface area contributed by atoms with Crippen molar-refractivity contribution >= 4 is 17.6 Å². The molecule has 2 amide bonds. The van der Waals surface area contributed by atoms with Gasteiger partial charge in [0, 0.05) is 83.4 Å². The van der Waals surface area contributed by atoms with Crippen LogP contribution < -0.4 is 5.32 Å². The van der Waals surface area contributed by atoms with Crippen LogP contribution >= 0.6 is 0 Å². The summed E-state index contributed by atoms with van der Waals surface area (Å²) >= 11 is 0. The second kappa shape index (κ2) is 24.3. The molecular formula is C36H56N2O11. The quantitative estimate of drug-likeness (QED) is 0.128. The summed E-state index contributed by atoms with van der Waals surface area (Å²) in [6.45, 7) is 5.43. The normalized spacial score (nSPS) is 14.0. The number of carbonyl (C=O) groups is 3. The van der Waals surface area contributed by atoms with Crippen LogP contribution in [0.1, 0.15) is 63.5 Å². The van der Waals surface area contributed by atoms with E-state index in [-0.39, 0.29) is 85.5 Å². The first kappa shape index (κ1) is 43.1. The van der Waals surface area contributed by atoms with E-state index in [1.165, 1.54) is 24.3 Å². The lowest BCUT2D eigenvalue weighted by Crippen LogP contribution is -2.41. The number of aliphatic hydroxyl groups is 2. The van der Waals surface area contributed by atoms with Gasteiger partial charge in [-0.2, -0.15) is 0 Å². The number of amides is 2. The number of Topliss-reactive ketones (excluding diaryl/α,β-unsaturated/α-hetero) is 1. The maximum atomic E-state index is 12.8. The second-order valence-corrected chi connectivity index (χ2v) is 11.6. The molecule has 0 aliphatic heterocycles. The number of phenols is 4. The predicted octanol–water partition coefficient (Wildman–Crippen LogP) is 3.05. The first-order valence-corrected chi connectivity index (χ1v) is 16.8. The number of ether oxygens (including phenoxy) is 2. The number of nitrogens with zero attached hydrogens (tertiary/aromatic N) is 1. The topological polar surface area (TPSA) is 206 Å². The number of nitrogens with one attached hydrogen (secondary N) is 1. The van der Waals surface area contributed by atoms with E-state index in [9.17, 15) is 45.0 Å². The lowest BCUT2D eigenvalue weighted by molar-refractivity contribution is -0.137. The molecule has 0 aromatic heterocycles. The Balaban J connectivity index is 0.000000467. The predicted molar refractivity (Wildman–Crippen MR) is 184 cm³/mol.